The predicted octanol–water partition coefficient (Wildman–Crippen LogP) is 1.19. The second kappa shape index (κ2) is 3.40. The Balaban J connectivity index is 3.37. The van der Waals surface area contributed by atoms with Crippen LogP contribution in [0.1, 0.15) is 6.92 Å². The van der Waals surface area contributed by atoms with Gasteiger partial charge in [0.2, 0.25) is 5.88 Å². The molecule has 2 nitrogen and oxygen atoms in total. The summed E-state index contributed by atoms with van der Waals surface area (Å²) in [6.07, 6.45) is 1.63. The van der Waals surface area contributed by atoms with Gasteiger partial charge in [-0.2, -0.15) is 0 Å². The molecule has 2 heteroatoms. The molecule has 40 valence electrons. The minimum absolute atomic E-state index is 0.447. The van der Waals surface area contributed by atoms with Crippen molar-refractivity contribution >= 4 is 6.21 Å². The van der Waals surface area contributed by atoms with Crippen molar-refractivity contribution in [3.63, 3.8) is 0 Å². The van der Waals surface area contributed by atoms with Crippen molar-refractivity contribution in [2.75, 3.05) is 7.11 Å². The van der Waals surface area contributed by atoms with Gasteiger partial charge in [0.1, 0.15) is 0 Å². The summed E-state index contributed by atoms with van der Waals surface area (Å²) in [6.45, 7) is 5.25. The first-order chi connectivity index (χ1) is 3.31. The SMILES string of the molecule is C=C(N=CC)OC. The van der Waals surface area contributed by atoms with E-state index in [9.17, 15) is 0 Å². The molecule has 0 radical (unpaired) electrons. The van der Waals surface area contributed by atoms with Gasteiger partial charge in [-0.25, -0.2) is 4.99 Å². The maximum atomic E-state index is 4.60. The molecule has 0 fully saturated rings. The van der Waals surface area contributed by atoms with Gasteiger partial charge in [0, 0.05) is 6.21 Å². The average molecular weight is 99.1 g/mol. The zero-order valence-corrected chi connectivity index (χ0v) is 4.64. The Morgan fingerprint density at radius 1 is 1.86 bits per heavy atom. The highest BCUT2D eigenvalue weighted by Gasteiger charge is 1.75. The smallest absolute Gasteiger partial charge is 0.205 e. The van der Waals surface area contributed by atoms with Gasteiger partial charge in [0.25, 0.3) is 0 Å². The van der Waals surface area contributed by atoms with E-state index in [4.69, 9.17) is 0 Å². The zero-order valence-electron chi connectivity index (χ0n) is 4.64. The Kier molecular flexibility index (Phi) is 3.02. The predicted molar refractivity (Wildman–Crippen MR) is 30.3 cm³/mol. The standard InChI is InChI=1S/C5H9NO/c1-4-6-5(2)7-3/h4H,2H2,1,3H3. The number of hydrogen-bond acceptors (Lipinski definition) is 2. The molecule has 0 aromatic heterocycles. The van der Waals surface area contributed by atoms with Crippen LogP contribution >= 0.6 is 0 Å². The van der Waals surface area contributed by atoms with Gasteiger partial charge >= 0.3 is 0 Å². The first-order valence-corrected chi connectivity index (χ1v) is 2.03. The number of ether oxygens (including phenoxy) is 1. The third-order valence-corrected chi connectivity index (χ3v) is 0.509. The van der Waals surface area contributed by atoms with Crippen LogP contribution < -0.4 is 0 Å². The molecule has 0 saturated heterocycles. The van der Waals surface area contributed by atoms with E-state index in [1.807, 2.05) is 6.92 Å². The lowest BCUT2D eigenvalue weighted by molar-refractivity contribution is 0.291. The van der Waals surface area contributed by atoms with Crippen molar-refractivity contribution in [2.45, 2.75) is 6.92 Å². The molecule has 0 atom stereocenters. The van der Waals surface area contributed by atoms with E-state index in [1.54, 1.807) is 6.21 Å². The van der Waals surface area contributed by atoms with Crippen molar-refractivity contribution < 1.29 is 4.74 Å². The van der Waals surface area contributed by atoms with Crippen molar-refractivity contribution in [1.82, 2.24) is 0 Å². The van der Waals surface area contributed by atoms with Gasteiger partial charge < -0.3 is 4.74 Å². The fraction of sp³-hybridized carbons (Fsp3) is 0.400. The van der Waals surface area contributed by atoms with Crippen LogP contribution in [0.25, 0.3) is 0 Å². The molecule has 0 spiro atoms. The summed E-state index contributed by atoms with van der Waals surface area (Å²) in [5, 5.41) is 0. The van der Waals surface area contributed by atoms with Gasteiger partial charge in [0.05, 0.1) is 7.11 Å². The molecule has 0 N–H and O–H groups in total. The number of aliphatic imine (C=N–C) groups is 1. The Morgan fingerprint density at radius 3 is 2.57 bits per heavy atom. The van der Waals surface area contributed by atoms with Crippen LogP contribution in [-0.4, -0.2) is 13.3 Å². The summed E-state index contributed by atoms with van der Waals surface area (Å²) in [6, 6.07) is 0. The Hall–Kier alpha value is -0.790. The van der Waals surface area contributed by atoms with E-state index < -0.39 is 0 Å². The van der Waals surface area contributed by atoms with Crippen LogP contribution in [0.15, 0.2) is 17.5 Å². The maximum Gasteiger partial charge on any atom is 0.205 e. The molecule has 0 aliphatic rings. The Labute approximate surface area is 43.5 Å². The summed E-state index contributed by atoms with van der Waals surface area (Å²) in [7, 11) is 1.54. The topological polar surface area (TPSA) is 21.6 Å². The van der Waals surface area contributed by atoms with E-state index in [1.165, 1.54) is 7.11 Å². The van der Waals surface area contributed by atoms with Crippen molar-refractivity contribution in [1.29, 1.82) is 0 Å². The highest BCUT2D eigenvalue weighted by atomic mass is 16.5. The summed E-state index contributed by atoms with van der Waals surface area (Å²) >= 11 is 0. The van der Waals surface area contributed by atoms with E-state index in [-0.39, 0.29) is 0 Å². The lowest BCUT2D eigenvalue weighted by Crippen LogP contribution is -1.76. The van der Waals surface area contributed by atoms with Gasteiger partial charge in [-0.05, 0) is 13.5 Å². The quantitative estimate of drug-likeness (QED) is 0.376. The molecule has 0 heterocycles. The van der Waals surface area contributed by atoms with Crippen molar-refractivity contribution in [3.05, 3.63) is 12.5 Å². The van der Waals surface area contributed by atoms with E-state index >= 15 is 0 Å². The highest BCUT2D eigenvalue weighted by molar-refractivity contribution is 5.54. The minimum atomic E-state index is 0.447. The Bertz CT molecular complexity index is 86.1. The van der Waals surface area contributed by atoms with Crippen LogP contribution in [0.2, 0.25) is 0 Å². The number of methoxy groups -OCH3 is 1. The van der Waals surface area contributed by atoms with Crippen LogP contribution in [0, 0.1) is 0 Å². The second-order valence-electron chi connectivity index (χ2n) is 0.985. The van der Waals surface area contributed by atoms with Gasteiger partial charge in [-0.1, -0.05) is 0 Å². The largest absolute Gasteiger partial charge is 0.481 e. The minimum Gasteiger partial charge on any atom is -0.481 e. The summed E-state index contributed by atoms with van der Waals surface area (Å²) in [5.41, 5.74) is 0. The lowest BCUT2D eigenvalue weighted by Gasteiger charge is -1.91. The van der Waals surface area contributed by atoms with Crippen molar-refractivity contribution in [3.8, 4) is 0 Å². The molecular weight excluding hydrogens is 90.1 g/mol. The maximum absolute atomic E-state index is 4.60. The van der Waals surface area contributed by atoms with Gasteiger partial charge in [0.15, 0.2) is 0 Å². The fourth-order valence-corrected chi connectivity index (χ4v) is 0.197. The summed E-state index contributed by atoms with van der Waals surface area (Å²) < 4.78 is 4.60. The van der Waals surface area contributed by atoms with E-state index in [2.05, 4.69) is 16.3 Å². The third-order valence-electron chi connectivity index (χ3n) is 0.509. The fourth-order valence-electron chi connectivity index (χ4n) is 0.197. The van der Waals surface area contributed by atoms with Crippen molar-refractivity contribution in [2.24, 2.45) is 4.99 Å². The van der Waals surface area contributed by atoms with E-state index in [0.717, 1.165) is 0 Å². The molecule has 7 heavy (non-hydrogen) atoms. The van der Waals surface area contributed by atoms with Crippen LogP contribution in [0.3, 0.4) is 0 Å². The van der Waals surface area contributed by atoms with Crippen LogP contribution in [-0.2, 0) is 4.74 Å². The Morgan fingerprint density at radius 2 is 2.43 bits per heavy atom. The first-order valence-electron chi connectivity index (χ1n) is 2.03. The molecule has 0 bridgehead atoms. The molecule has 0 amide bonds. The second-order valence-corrected chi connectivity index (χ2v) is 0.985. The molecule has 0 aromatic rings. The summed E-state index contributed by atoms with van der Waals surface area (Å²) in [4.78, 5) is 3.70. The number of hydrogen-bond donors (Lipinski definition) is 0. The van der Waals surface area contributed by atoms with E-state index in [0.29, 0.717) is 5.88 Å². The molecular formula is C5H9NO. The summed E-state index contributed by atoms with van der Waals surface area (Å²) in [5.74, 6) is 0.447. The average Bonchev–Trinajstić information content (AvgIpc) is 1.68. The van der Waals surface area contributed by atoms with Crippen LogP contribution in [0.5, 0.6) is 0 Å². The first kappa shape index (κ1) is 6.21. The van der Waals surface area contributed by atoms with Gasteiger partial charge in [-0.15, -0.1) is 0 Å². The molecule has 0 aliphatic carbocycles. The normalized spacial score (nSPS) is 9.43. The van der Waals surface area contributed by atoms with Crippen LogP contribution in [0.4, 0.5) is 0 Å². The molecule has 0 rings (SSSR count). The molecule has 0 saturated carbocycles. The lowest BCUT2D eigenvalue weighted by atomic mass is 10.8. The third kappa shape index (κ3) is 3.03. The molecule has 0 unspecified atom stereocenters. The monoisotopic (exact) mass is 99.1 g/mol. The molecule has 0 aliphatic heterocycles. The molecule has 0 aromatic carbocycles. The zero-order chi connectivity index (χ0) is 5.70. The number of rotatable bonds is 2. The van der Waals surface area contributed by atoms with Gasteiger partial charge in [-0.3, -0.25) is 0 Å². The number of nitrogens with zero attached hydrogens (tertiary/aromatic N) is 1. The highest BCUT2D eigenvalue weighted by Crippen LogP contribution is 1.87.